The Balaban J connectivity index is 0.00000225. The van der Waals surface area contributed by atoms with Crippen molar-refractivity contribution in [2.45, 2.75) is 51.1 Å². The lowest BCUT2D eigenvalue weighted by Crippen LogP contribution is -2.17. The predicted octanol–water partition coefficient (Wildman–Crippen LogP) is 4.83. The number of nitrogens with zero attached hydrogens (tertiary/aromatic N) is 2. The van der Waals surface area contributed by atoms with Crippen LogP contribution in [0, 0.1) is 0 Å². The minimum Gasteiger partial charge on any atom is -0.406 e. The predicted molar refractivity (Wildman–Crippen MR) is 91.6 cm³/mol. The zero-order valence-corrected chi connectivity index (χ0v) is 14.4. The van der Waals surface area contributed by atoms with E-state index >= 15 is 0 Å². The van der Waals surface area contributed by atoms with Crippen LogP contribution in [0.25, 0.3) is 11.1 Å². The molecule has 0 aliphatic heterocycles. The fraction of sp³-hybridized carbons (Fsp3) is 0.471. The highest BCUT2D eigenvalue weighted by atomic mass is 35.5. The number of nitrogens with two attached hydrogens (primary N) is 1. The number of hydrogen-bond acceptors (Lipinski definition) is 3. The van der Waals surface area contributed by atoms with Crippen molar-refractivity contribution in [3.63, 3.8) is 0 Å². The van der Waals surface area contributed by atoms with Gasteiger partial charge in [-0.05, 0) is 42.2 Å². The van der Waals surface area contributed by atoms with Crippen LogP contribution in [-0.4, -0.2) is 16.1 Å². The fourth-order valence-electron chi connectivity index (χ4n) is 3.17. The van der Waals surface area contributed by atoms with Crippen molar-refractivity contribution in [3.8, 4) is 16.9 Å². The fourth-order valence-corrected chi connectivity index (χ4v) is 3.17. The summed E-state index contributed by atoms with van der Waals surface area (Å²) in [4.78, 5) is 0. The molecule has 0 bridgehead atoms. The molecule has 0 unspecified atom stereocenters. The third kappa shape index (κ3) is 5.12. The van der Waals surface area contributed by atoms with Gasteiger partial charge in [0.25, 0.3) is 0 Å². The third-order valence-electron chi connectivity index (χ3n) is 4.32. The lowest BCUT2D eigenvalue weighted by Gasteiger charge is -2.21. The van der Waals surface area contributed by atoms with Crippen LogP contribution in [0.3, 0.4) is 0 Å². The molecule has 0 atom stereocenters. The summed E-state index contributed by atoms with van der Waals surface area (Å²) in [5.74, 6) is -0.258. The Morgan fingerprint density at radius 1 is 1.12 bits per heavy atom. The van der Waals surface area contributed by atoms with Crippen LogP contribution in [0.1, 0.15) is 43.7 Å². The number of rotatable bonds is 4. The number of ether oxygens (including phenoxy) is 1. The first-order valence-electron chi connectivity index (χ1n) is 8.09. The van der Waals surface area contributed by atoms with Crippen LogP contribution in [0.2, 0.25) is 0 Å². The topological polar surface area (TPSA) is 53.1 Å². The van der Waals surface area contributed by atoms with Gasteiger partial charge in [-0.25, -0.2) is 0 Å². The molecule has 25 heavy (non-hydrogen) atoms. The van der Waals surface area contributed by atoms with E-state index < -0.39 is 6.36 Å². The Morgan fingerprint density at radius 3 is 2.48 bits per heavy atom. The summed E-state index contributed by atoms with van der Waals surface area (Å²) in [6.07, 6.45) is 4.65. The first-order valence-corrected chi connectivity index (χ1v) is 8.09. The number of benzene rings is 1. The van der Waals surface area contributed by atoms with E-state index in [2.05, 4.69) is 9.84 Å². The second-order valence-corrected chi connectivity index (χ2v) is 6.12. The second-order valence-electron chi connectivity index (χ2n) is 6.12. The molecule has 1 aliphatic rings. The van der Waals surface area contributed by atoms with E-state index in [0.717, 1.165) is 18.4 Å². The molecule has 4 nitrogen and oxygen atoms in total. The Hall–Kier alpha value is -1.73. The van der Waals surface area contributed by atoms with Gasteiger partial charge in [-0.2, -0.15) is 5.10 Å². The van der Waals surface area contributed by atoms with E-state index in [9.17, 15) is 13.2 Å². The summed E-state index contributed by atoms with van der Waals surface area (Å²) >= 11 is 0. The van der Waals surface area contributed by atoms with E-state index in [1.807, 2.05) is 10.9 Å². The van der Waals surface area contributed by atoms with E-state index in [-0.39, 0.29) is 24.7 Å². The highest BCUT2D eigenvalue weighted by molar-refractivity contribution is 5.85. The maximum Gasteiger partial charge on any atom is 0.573 e. The molecule has 1 aromatic carbocycles. The number of hydrogen-bond donors (Lipinski definition) is 1. The molecule has 0 radical (unpaired) electrons. The Morgan fingerprint density at radius 2 is 1.84 bits per heavy atom. The van der Waals surface area contributed by atoms with Crippen LogP contribution < -0.4 is 10.5 Å². The average molecular weight is 376 g/mol. The van der Waals surface area contributed by atoms with Crippen LogP contribution >= 0.6 is 12.4 Å². The van der Waals surface area contributed by atoms with Gasteiger partial charge in [0.2, 0.25) is 0 Å². The Bertz CT molecular complexity index is 697. The Labute approximate surface area is 150 Å². The minimum absolute atomic E-state index is 0. The average Bonchev–Trinajstić information content (AvgIpc) is 3.04. The first kappa shape index (κ1) is 19.6. The van der Waals surface area contributed by atoms with Gasteiger partial charge in [-0.3, -0.25) is 4.68 Å². The molecule has 3 rings (SSSR count). The number of aromatic nitrogens is 2. The van der Waals surface area contributed by atoms with Gasteiger partial charge in [0.1, 0.15) is 5.75 Å². The highest BCUT2D eigenvalue weighted by Gasteiger charge is 2.31. The van der Waals surface area contributed by atoms with Crippen LogP contribution in [-0.2, 0) is 6.54 Å². The molecular weight excluding hydrogens is 355 g/mol. The van der Waals surface area contributed by atoms with E-state index in [1.165, 1.54) is 31.4 Å². The molecule has 1 saturated carbocycles. The van der Waals surface area contributed by atoms with Gasteiger partial charge in [0.05, 0.1) is 12.2 Å². The van der Waals surface area contributed by atoms with Gasteiger partial charge >= 0.3 is 6.36 Å². The molecule has 0 amide bonds. The highest BCUT2D eigenvalue weighted by Crippen LogP contribution is 2.32. The maximum absolute atomic E-state index is 12.5. The Kier molecular flexibility index (Phi) is 6.35. The smallest absolute Gasteiger partial charge is 0.406 e. The van der Waals surface area contributed by atoms with Gasteiger partial charge in [0.15, 0.2) is 0 Å². The van der Waals surface area contributed by atoms with Crippen LogP contribution in [0.5, 0.6) is 5.75 Å². The number of alkyl halides is 3. The van der Waals surface area contributed by atoms with Crippen molar-refractivity contribution in [1.82, 2.24) is 9.78 Å². The summed E-state index contributed by atoms with van der Waals surface area (Å²) < 4.78 is 43.4. The van der Waals surface area contributed by atoms with Gasteiger partial charge < -0.3 is 10.5 Å². The van der Waals surface area contributed by atoms with Gasteiger partial charge in [0, 0.05) is 18.3 Å². The maximum atomic E-state index is 12.5. The van der Waals surface area contributed by atoms with Crippen molar-refractivity contribution in [2.24, 2.45) is 5.73 Å². The number of halogens is 4. The lowest BCUT2D eigenvalue weighted by molar-refractivity contribution is -0.274. The quantitative estimate of drug-likeness (QED) is 0.832. The van der Waals surface area contributed by atoms with Crippen molar-refractivity contribution < 1.29 is 17.9 Å². The molecule has 2 N–H and O–H groups in total. The van der Waals surface area contributed by atoms with E-state index in [0.29, 0.717) is 17.2 Å². The summed E-state index contributed by atoms with van der Waals surface area (Å²) in [5.41, 5.74) is 7.57. The van der Waals surface area contributed by atoms with E-state index in [1.54, 1.807) is 12.3 Å². The van der Waals surface area contributed by atoms with Crippen LogP contribution in [0.15, 0.2) is 30.6 Å². The van der Waals surface area contributed by atoms with Crippen molar-refractivity contribution in [1.29, 1.82) is 0 Å². The summed E-state index contributed by atoms with van der Waals surface area (Å²) in [6.45, 7) is 0.138. The molecule has 1 aromatic heterocycles. The summed E-state index contributed by atoms with van der Waals surface area (Å²) in [6, 6.07) is 4.82. The molecule has 1 fully saturated rings. The largest absolute Gasteiger partial charge is 0.573 e. The molecule has 0 saturated heterocycles. The molecule has 138 valence electrons. The zero-order chi connectivity index (χ0) is 17.2. The second kappa shape index (κ2) is 8.10. The summed E-state index contributed by atoms with van der Waals surface area (Å²) in [5, 5.41) is 4.40. The minimum atomic E-state index is -4.73. The van der Waals surface area contributed by atoms with Gasteiger partial charge in [-0.1, -0.05) is 19.3 Å². The third-order valence-corrected chi connectivity index (χ3v) is 4.32. The first-order chi connectivity index (χ1) is 11.4. The van der Waals surface area contributed by atoms with Crippen molar-refractivity contribution >= 4 is 12.4 Å². The molecule has 2 aromatic rings. The monoisotopic (exact) mass is 375 g/mol. The standard InChI is InChI=1S/C17H20F3N3O.ClH/c18-17(19,20)24-16-7-12(9-21)6-13(8-16)14-10-22-23(11-14)15-4-2-1-3-5-15;/h6-8,10-11,15H,1-5,9,21H2;1H. The molecule has 1 heterocycles. The van der Waals surface area contributed by atoms with E-state index in [4.69, 9.17) is 5.73 Å². The molecular formula is C17H21ClF3N3O. The SMILES string of the molecule is Cl.NCc1cc(OC(F)(F)F)cc(-c2cnn(C3CCCCC3)c2)c1. The van der Waals surface area contributed by atoms with Crippen molar-refractivity contribution in [3.05, 3.63) is 36.2 Å². The lowest BCUT2D eigenvalue weighted by atomic mass is 9.96. The zero-order valence-electron chi connectivity index (χ0n) is 13.6. The molecule has 1 aliphatic carbocycles. The molecule has 0 spiro atoms. The van der Waals surface area contributed by atoms with Crippen LogP contribution in [0.4, 0.5) is 13.2 Å². The van der Waals surface area contributed by atoms with Gasteiger partial charge in [-0.15, -0.1) is 25.6 Å². The summed E-state index contributed by atoms with van der Waals surface area (Å²) in [7, 11) is 0. The normalized spacial score (nSPS) is 15.7. The van der Waals surface area contributed by atoms with Crippen molar-refractivity contribution in [2.75, 3.05) is 0 Å². The molecule has 8 heteroatoms.